The zero-order chi connectivity index (χ0) is 26.0. The van der Waals surface area contributed by atoms with Crippen molar-refractivity contribution in [1.82, 2.24) is 15.0 Å². The number of hydrogen-bond donors (Lipinski definition) is 1. The van der Waals surface area contributed by atoms with Crippen LogP contribution in [0.2, 0.25) is 0 Å². The van der Waals surface area contributed by atoms with E-state index in [1.54, 1.807) is 6.21 Å². The number of anilines is 3. The molecule has 2 aliphatic heterocycles. The molecule has 0 atom stereocenters. The predicted molar refractivity (Wildman–Crippen MR) is 145 cm³/mol. The Morgan fingerprint density at radius 3 is 2.13 bits per heavy atom. The molecule has 2 aromatic carbocycles. The van der Waals surface area contributed by atoms with E-state index in [0.717, 1.165) is 37.3 Å². The lowest BCUT2D eigenvalue weighted by Gasteiger charge is -2.30. The lowest BCUT2D eigenvalue weighted by molar-refractivity contribution is 0.121. The van der Waals surface area contributed by atoms with Crippen molar-refractivity contribution in [3.05, 3.63) is 59.7 Å². The summed E-state index contributed by atoms with van der Waals surface area (Å²) in [6.07, 6.45) is 1.70. The van der Waals surface area contributed by atoms with E-state index in [-0.39, 0.29) is 0 Å². The third-order valence-corrected chi connectivity index (χ3v) is 6.08. The summed E-state index contributed by atoms with van der Waals surface area (Å²) in [5.74, 6) is 2.95. The molecule has 2 fully saturated rings. The van der Waals surface area contributed by atoms with Crippen molar-refractivity contribution in [2.45, 2.75) is 13.5 Å². The Morgan fingerprint density at radius 1 is 0.842 bits per heavy atom. The molecule has 11 heteroatoms. The number of ether oxygens (including phenoxy) is 4. The van der Waals surface area contributed by atoms with Gasteiger partial charge in [0.05, 0.1) is 39.2 Å². The summed E-state index contributed by atoms with van der Waals surface area (Å²) < 4.78 is 22.8. The minimum Gasteiger partial charge on any atom is -0.490 e. The molecule has 3 heterocycles. The summed E-state index contributed by atoms with van der Waals surface area (Å²) in [5.41, 5.74) is 4.93. The number of nitrogens with one attached hydrogen (secondary N) is 1. The Kier molecular flexibility index (Phi) is 8.80. The van der Waals surface area contributed by atoms with E-state index in [1.165, 1.54) is 0 Å². The van der Waals surface area contributed by atoms with Gasteiger partial charge in [-0.25, -0.2) is 5.43 Å². The third-order valence-electron chi connectivity index (χ3n) is 6.08. The number of rotatable bonds is 10. The van der Waals surface area contributed by atoms with Crippen molar-refractivity contribution >= 4 is 24.1 Å². The van der Waals surface area contributed by atoms with Crippen LogP contribution in [0, 0.1) is 0 Å². The smallest absolute Gasteiger partial charge is 0.250 e. The van der Waals surface area contributed by atoms with Gasteiger partial charge in [0.2, 0.25) is 17.8 Å². The van der Waals surface area contributed by atoms with E-state index in [2.05, 4.69) is 30.3 Å². The maximum Gasteiger partial charge on any atom is 0.250 e. The van der Waals surface area contributed by atoms with E-state index in [4.69, 9.17) is 23.9 Å². The van der Waals surface area contributed by atoms with Gasteiger partial charge in [-0.05, 0) is 36.2 Å². The maximum atomic E-state index is 6.01. The average molecular weight is 520 g/mol. The molecular formula is C27H33N7O4. The topological polar surface area (TPSA) is 106 Å². The standard InChI is InChI=1S/C27H33N7O4/c1-2-37-24-18-22(8-9-23(24)38-20-21-6-4-3-5-7-21)19-28-32-25-29-26(33-10-14-35-15-11-33)31-27(30-25)34-12-16-36-17-13-34/h3-9,18-19H,2,10-17,20H2,1H3,(H,29,30,31,32). The molecule has 1 N–H and O–H groups in total. The molecule has 0 bridgehead atoms. The van der Waals surface area contributed by atoms with E-state index in [9.17, 15) is 0 Å². The molecule has 0 saturated carbocycles. The SMILES string of the molecule is CCOc1cc(C=NNc2nc(N3CCOCC3)nc(N3CCOCC3)n2)ccc1OCc1ccccc1. The van der Waals surface area contributed by atoms with Crippen LogP contribution < -0.4 is 24.7 Å². The van der Waals surface area contributed by atoms with E-state index in [0.29, 0.717) is 69.0 Å². The molecule has 38 heavy (non-hydrogen) atoms. The summed E-state index contributed by atoms with van der Waals surface area (Å²) >= 11 is 0. The Hall–Kier alpha value is -3.96. The second-order valence-corrected chi connectivity index (χ2v) is 8.74. The first-order valence-electron chi connectivity index (χ1n) is 12.9. The van der Waals surface area contributed by atoms with Crippen molar-refractivity contribution < 1.29 is 18.9 Å². The van der Waals surface area contributed by atoms with Gasteiger partial charge in [0, 0.05) is 26.2 Å². The van der Waals surface area contributed by atoms with Gasteiger partial charge in [0.15, 0.2) is 11.5 Å². The molecule has 0 unspecified atom stereocenters. The quantitative estimate of drug-likeness (QED) is 0.317. The van der Waals surface area contributed by atoms with Crippen LogP contribution in [-0.2, 0) is 16.1 Å². The van der Waals surface area contributed by atoms with Gasteiger partial charge in [-0.2, -0.15) is 20.1 Å². The van der Waals surface area contributed by atoms with Gasteiger partial charge in [0.1, 0.15) is 6.61 Å². The van der Waals surface area contributed by atoms with Crippen molar-refractivity contribution in [2.75, 3.05) is 74.4 Å². The number of morpholine rings is 2. The second-order valence-electron chi connectivity index (χ2n) is 8.74. The van der Waals surface area contributed by atoms with Crippen LogP contribution >= 0.6 is 0 Å². The van der Waals surface area contributed by atoms with Crippen LogP contribution in [0.3, 0.4) is 0 Å². The number of hydrogen-bond acceptors (Lipinski definition) is 11. The van der Waals surface area contributed by atoms with Crippen molar-refractivity contribution in [3.63, 3.8) is 0 Å². The van der Waals surface area contributed by atoms with Crippen LogP contribution in [0.5, 0.6) is 11.5 Å². The Balaban J connectivity index is 1.30. The minimum atomic E-state index is 0.382. The molecule has 2 saturated heterocycles. The molecule has 0 aliphatic carbocycles. The molecule has 1 aromatic heterocycles. The fraction of sp³-hybridized carbons (Fsp3) is 0.407. The third kappa shape index (κ3) is 6.87. The lowest BCUT2D eigenvalue weighted by Crippen LogP contribution is -2.40. The highest BCUT2D eigenvalue weighted by molar-refractivity contribution is 5.81. The molecule has 200 valence electrons. The number of benzene rings is 2. The van der Waals surface area contributed by atoms with E-state index >= 15 is 0 Å². The Morgan fingerprint density at radius 2 is 1.50 bits per heavy atom. The first-order valence-corrected chi connectivity index (χ1v) is 12.9. The largest absolute Gasteiger partial charge is 0.490 e. The highest BCUT2D eigenvalue weighted by Crippen LogP contribution is 2.29. The molecular weight excluding hydrogens is 486 g/mol. The van der Waals surface area contributed by atoms with Gasteiger partial charge in [-0.3, -0.25) is 0 Å². The summed E-state index contributed by atoms with van der Waals surface area (Å²) in [6.45, 7) is 8.44. The molecule has 0 radical (unpaired) electrons. The van der Waals surface area contributed by atoms with E-state index in [1.807, 2.05) is 55.5 Å². The fourth-order valence-corrected chi connectivity index (χ4v) is 4.11. The van der Waals surface area contributed by atoms with Crippen molar-refractivity contribution in [2.24, 2.45) is 5.10 Å². The van der Waals surface area contributed by atoms with Crippen molar-refractivity contribution in [3.8, 4) is 11.5 Å². The van der Waals surface area contributed by atoms with Crippen LogP contribution in [0.25, 0.3) is 0 Å². The molecule has 5 rings (SSSR count). The molecule has 11 nitrogen and oxygen atoms in total. The van der Waals surface area contributed by atoms with Gasteiger partial charge >= 0.3 is 0 Å². The predicted octanol–water partition coefficient (Wildman–Crippen LogP) is 2.97. The molecule has 2 aliphatic rings. The number of aromatic nitrogens is 3. The van der Waals surface area contributed by atoms with Gasteiger partial charge in [-0.15, -0.1) is 0 Å². The summed E-state index contributed by atoms with van der Waals surface area (Å²) in [7, 11) is 0. The molecule has 3 aromatic rings. The summed E-state index contributed by atoms with van der Waals surface area (Å²) in [4.78, 5) is 18.2. The van der Waals surface area contributed by atoms with Crippen LogP contribution in [-0.4, -0.2) is 80.4 Å². The summed E-state index contributed by atoms with van der Waals surface area (Å²) in [5, 5.41) is 4.40. The van der Waals surface area contributed by atoms with Gasteiger partial charge < -0.3 is 28.7 Å². The van der Waals surface area contributed by atoms with Crippen LogP contribution in [0.15, 0.2) is 53.6 Å². The number of nitrogens with zero attached hydrogens (tertiary/aromatic N) is 6. The lowest BCUT2D eigenvalue weighted by atomic mass is 10.2. The normalized spacial score (nSPS) is 16.0. The van der Waals surface area contributed by atoms with Crippen LogP contribution in [0.1, 0.15) is 18.1 Å². The highest BCUT2D eigenvalue weighted by Gasteiger charge is 2.20. The van der Waals surface area contributed by atoms with Gasteiger partial charge in [-0.1, -0.05) is 30.3 Å². The number of hydrazone groups is 1. The first-order chi connectivity index (χ1) is 18.8. The molecule has 0 amide bonds. The first kappa shape index (κ1) is 25.7. The van der Waals surface area contributed by atoms with Crippen molar-refractivity contribution in [1.29, 1.82) is 0 Å². The second kappa shape index (κ2) is 13.0. The average Bonchev–Trinajstić information content (AvgIpc) is 2.98. The highest BCUT2D eigenvalue weighted by atomic mass is 16.5. The Labute approximate surface area is 222 Å². The van der Waals surface area contributed by atoms with Gasteiger partial charge in [0.25, 0.3) is 0 Å². The zero-order valence-electron chi connectivity index (χ0n) is 21.6. The minimum absolute atomic E-state index is 0.382. The zero-order valence-corrected chi connectivity index (χ0v) is 21.6. The fourth-order valence-electron chi connectivity index (χ4n) is 4.11. The van der Waals surface area contributed by atoms with E-state index < -0.39 is 0 Å². The van der Waals surface area contributed by atoms with Crippen LogP contribution in [0.4, 0.5) is 17.8 Å². The monoisotopic (exact) mass is 519 g/mol. The Bertz CT molecular complexity index is 1160. The summed E-state index contributed by atoms with van der Waals surface area (Å²) in [6, 6.07) is 15.8. The maximum absolute atomic E-state index is 6.01. The molecule has 0 spiro atoms.